The van der Waals surface area contributed by atoms with Crippen molar-refractivity contribution in [2.24, 2.45) is 0 Å². The molecule has 0 radical (unpaired) electrons. The van der Waals surface area contributed by atoms with Crippen LogP contribution in [0.3, 0.4) is 0 Å². The lowest BCUT2D eigenvalue weighted by molar-refractivity contribution is -0.112. The first-order chi connectivity index (χ1) is 13.1. The summed E-state index contributed by atoms with van der Waals surface area (Å²) in [6.45, 7) is 2.37. The van der Waals surface area contributed by atoms with Crippen molar-refractivity contribution < 1.29 is 9.18 Å². The van der Waals surface area contributed by atoms with E-state index in [1.165, 1.54) is 6.07 Å². The third-order valence-corrected chi connectivity index (χ3v) is 4.42. The van der Waals surface area contributed by atoms with Crippen molar-refractivity contribution in [3.8, 4) is 0 Å². The second-order valence-electron chi connectivity index (χ2n) is 6.15. The van der Waals surface area contributed by atoms with Gasteiger partial charge in [0.25, 0.3) is 5.56 Å². The number of Topliss-reactive ketones (excluding diaryl/α,β-unsaturated/α-hetero) is 1. The molecule has 0 saturated carbocycles. The van der Waals surface area contributed by atoms with Gasteiger partial charge in [0, 0.05) is 6.54 Å². The second kappa shape index (κ2) is 6.68. The highest BCUT2D eigenvalue weighted by Gasteiger charge is 2.34. The zero-order valence-electron chi connectivity index (χ0n) is 14.6. The predicted octanol–water partition coefficient (Wildman–Crippen LogP) is 2.43. The number of hydrogen-bond acceptors (Lipinski definition) is 5. The number of rotatable bonds is 4. The maximum absolute atomic E-state index is 14.3. The summed E-state index contributed by atoms with van der Waals surface area (Å²) in [7, 11) is 0. The molecule has 2 heterocycles. The molecule has 27 heavy (non-hydrogen) atoms. The normalized spacial score (nSPS) is 14.3. The number of aromatic nitrogens is 2. The molecule has 2 aromatic carbocycles. The van der Waals surface area contributed by atoms with Crippen LogP contribution in [0.25, 0.3) is 16.5 Å². The number of nitrogens with zero attached hydrogens (tertiary/aromatic N) is 2. The van der Waals surface area contributed by atoms with Gasteiger partial charge >= 0.3 is 0 Å². The molecule has 0 aliphatic carbocycles. The topological polar surface area (TPSA) is 78.1 Å². The number of H-pyrrole nitrogens is 1. The van der Waals surface area contributed by atoms with Gasteiger partial charge in [-0.05, 0) is 31.2 Å². The first-order valence-electron chi connectivity index (χ1n) is 8.63. The van der Waals surface area contributed by atoms with Crippen LogP contribution >= 0.6 is 0 Å². The molecule has 0 amide bonds. The van der Waals surface area contributed by atoms with Crippen molar-refractivity contribution in [3.63, 3.8) is 0 Å². The van der Waals surface area contributed by atoms with Gasteiger partial charge in [0.05, 0.1) is 23.1 Å². The number of anilines is 1. The highest BCUT2D eigenvalue weighted by Crippen LogP contribution is 2.31. The Morgan fingerprint density at radius 2 is 1.89 bits per heavy atom. The molecule has 136 valence electrons. The van der Waals surface area contributed by atoms with Crippen molar-refractivity contribution in [1.29, 1.82) is 0 Å². The van der Waals surface area contributed by atoms with Crippen LogP contribution in [0.2, 0.25) is 0 Å². The third-order valence-electron chi connectivity index (χ3n) is 4.42. The average molecular weight is 364 g/mol. The Labute approximate surface area is 154 Å². The maximum atomic E-state index is 14.3. The molecule has 4 rings (SSSR count). The van der Waals surface area contributed by atoms with Gasteiger partial charge < -0.3 is 15.2 Å². The lowest BCUT2D eigenvalue weighted by Crippen LogP contribution is -2.30. The van der Waals surface area contributed by atoms with Crippen LogP contribution in [0.4, 0.5) is 10.1 Å². The van der Waals surface area contributed by atoms with Gasteiger partial charge in [0.2, 0.25) is 0 Å². The SMILES string of the molecule is CCNC1=C(c2nc3ccccc3c(=O)[nH]2)C(=O)CN1c1ccccc1F. The Morgan fingerprint density at radius 1 is 1.15 bits per heavy atom. The van der Waals surface area contributed by atoms with Gasteiger partial charge in [0.15, 0.2) is 5.78 Å². The molecule has 0 unspecified atom stereocenters. The van der Waals surface area contributed by atoms with Crippen LogP contribution in [0.5, 0.6) is 0 Å². The summed E-state index contributed by atoms with van der Waals surface area (Å²) in [5, 5.41) is 3.57. The maximum Gasteiger partial charge on any atom is 0.259 e. The van der Waals surface area contributed by atoms with Gasteiger partial charge in [-0.3, -0.25) is 9.59 Å². The highest BCUT2D eigenvalue weighted by molar-refractivity contribution is 6.26. The van der Waals surface area contributed by atoms with Crippen LogP contribution in [0.15, 0.2) is 59.1 Å². The van der Waals surface area contributed by atoms with Crippen LogP contribution in [-0.2, 0) is 4.79 Å². The van der Waals surface area contributed by atoms with Crippen molar-refractivity contribution >= 4 is 27.9 Å². The lowest BCUT2D eigenvalue weighted by Gasteiger charge is -2.22. The quantitative estimate of drug-likeness (QED) is 0.743. The van der Waals surface area contributed by atoms with E-state index in [1.807, 2.05) is 6.92 Å². The number of aromatic amines is 1. The second-order valence-corrected chi connectivity index (χ2v) is 6.15. The number of nitrogens with one attached hydrogen (secondary N) is 2. The molecule has 1 aliphatic heterocycles. The lowest BCUT2D eigenvalue weighted by atomic mass is 10.1. The summed E-state index contributed by atoms with van der Waals surface area (Å²) in [5.41, 5.74) is 0.718. The van der Waals surface area contributed by atoms with E-state index in [4.69, 9.17) is 0 Å². The Bertz CT molecular complexity index is 1140. The summed E-state index contributed by atoms with van der Waals surface area (Å²) in [6.07, 6.45) is 0. The van der Waals surface area contributed by atoms with Crippen molar-refractivity contribution in [2.45, 2.75) is 6.92 Å². The zero-order chi connectivity index (χ0) is 19.0. The molecule has 1 aromatic heterocycles. The number of ketones is 1. The Morgan fingerprint density at radius 3 is 2.67 bits per heavy atom. The molecule has 0 spiro atoms. The van der Waals surface area contributed by atoms with E-state index in [0.29, 0.717) is 29.0 Å². The fourth-order valence-electron chi connectivity index (χ4n) is 3.25. The van der Waals surface area contributed by atoms with E-state index in [-0.39, 0.29) is 29.3 Å². The Hall–Kier alpha value is -3.48. The summed E-state index contributed by atoms with van der Waals surface area (Å²) < 4.78 is 14.3. The molecule has 0 atom stereocenters. The fraction of sp³-hybridized carbons (Fsp3) is 0.150. The van der Waals surface area contributed by atoms with Gasteiger partial charge in [0.1, 0.15) is 23.0 Å². The number of halogens is 1. The molecule has 0 bridgehead atoms. The number of para-hydroxylation sites is 2. The summed E-state index contributed by atoms with van der Waals surface area (Å²) in [4.78, 5) is 33.9. The largest absolute Gasteiger partial charge is 0.371 e. The van der Waals surface area contributed by atoms with Gasteiger partial charge in [-0.2, -0.15) is 0 Å². The molecule has 1 aliphatic rings. The standard InChI is InChI=1S/C20H17FN4O2/c1-2-22-19-17(16(26)11-25(19)15-10-6-4-8-13(15)21)18-23-14-9-5-3-7-12(14)20(27)24-18/h3-10,22H,2,11H2,1H3,(H,23,24,27). The molecule has 7 heteroatoms. The smallest absolute Gasteiger partial charge is 0.259 e. The van der Waals surface area contributed by atoms with Crippen LogP contribution in [-0.4, -0.2) is 28.8 Å². The monoisotopic (exact) mass is 364 g/mol. The van der Waals surface area contributed by atoms with Crippen molar-refractivity contribution in [1.82, 2.24) is 15.3 Å². The third kappa shape index (κ3) is 2.87. The number of benzene rings is 2. The van der Waals surface area contributed by atoms with Gasteiger partial charge in [-0.15, -0.1) is 0 Å². The minimum absolute atomic E-state index is 0.0326. The zero-order valence-corrected chi connectivity index (χ0v) is 14.6. The van der Waals surface area contributed by atoms with E-state index in [1.54, 1.807) is 47.4 Å². The minimum atomic E-state index is -0.429. The van der Waals surface area contributed by atoms with Crippen LogP contribution < -0.4 is 15.8 Å². The Balaban J connectivity index is 1.92. The first kappa shape index (κ1) is 17.0. The number of carbonyl (C=O) groups excluding carboxylic acids is 1. The molecule has 0 fully saturated rings. The van der Waals surface area contributed by atoms with E-state index in [2.05, 4.69) is 15.3 Å². The number of fused-ring (bicyclic) bond motifs is 1. The van der Waals surface area contributed by atoms with Crippen molar-refractivity contribution in [2.75, 3.05) is 18.0 Å². The van der Waals surface area contributed by atoms with E-state index in [0.717, 1.165) is 0 Å². The summed E-state index contributed by atoms with van der Waals surface area (Å²) >= 11 is 0. The van der Waals surface area contributed by atoms with Crippen LogP contribution in [0, 0.1) is 5.82 Å². The first-order valence-corrected chi connectivity index (χ1v) is 8.63. The van der Waals surface area contributed by atoms with E-state index < -0.39 is 5.82 Å². The van der Waals surface area contributed by atoms with E-state index >= 15 is 0 Å². The molecule has 2 N–H and O–H groups in total. The van der Waals surface area contributed by atoms with Gasteiger partial charge in [-0.1, -0.05) is 24.3 Å². The molecule has 6 nitrogen and oxygen atoms in total. The van der Waals surface area contributed by atoms with E-state index in [9.17, 15) is 14.0 Å². The Kier molecular flexibility index (Phi) is 4.19. The summed E-state index contributed by atoms with van der Waals surface area (Å²) in [6, 6.07) is 13.2. The molecular formula is C20H17FN4O2. The minimum Gasteiger partial charge on any atom is -0.371 e. The van der Waals surface area contributed by atoms with Crippen molar-refractivity contribution in [3.05, 3.63) is 76.3 Å². The number of hydrogen-bond donors (Lipinski definition) is 2. The van der Waals surface area contributed by atoms with Crippen LogP contribution in [0.1, 0.15) is 12.7 Å². The fourth-order valence-corrected chi connectivity index (χ4v) is 3.25. The van der Waals surface area contributed by atoms with Gasteiger partial charge in [-0.25, -0.2) is 9.37 Å². The molecule has 0 saturated heterocycles. The molecule has 3 aromatic rings. The number of carbonyl (C=O) groups is 1. The summed E-state index contributed by atoms with van der Waals surface area (Å²) in [5.74, 6) is -0.0564. The predicted molar refractivity (Wildman–Crippen MR) is 102 cm³/mol. The average Bonchev–Trinajstić information content (AvgIpc) is 2.98. The highest BCUT2D eigenvalue weighted by atomic mass is 19.1. The molecular weight excluding hydrogens is 347 g/mol.